The highest BCUT2D eigenvalue weighted by atomic mass is 16.1. The van der Waals surface area contributed by atoms with Gasteiger partial charge in [0.1, 0.15) is 0 Å². The van der Waals surface area contributed by atoms with Crippen molar-refractivity contribution in [1.82, 2.24) is 19.1 Å². The number of benzene rings is 1. The molecule has 0 saturated heterocycles. The van der Waals surface area contributed by atoms with Gasteiger partial charge in [0.15, 0.2) is 0 Å². The van der Waals surface area contributed by atoms with Crippen LogP contribution in [0.3, 0.4) is 0 Å². The lowest BCUT2D eigenvalue weighted by molar-refractivity contribution is 0.823. The number of rotatable bonds is 4. The summed E-state index contributed by atoms with van der Waals surface area (Å²) in [7, 11) is 1.77. The summed E-state index contributed by atoms with van der Waals surface area (Å²) in [5, 5.41) is 0. The fourth-order valence-electron chi connectivity index (χ4n) is 3.93. The minimum atomic E-state index is -0.0882. The molecule has 0 spiro atoms. The molecule has 30 heavy (non-hydrogen) atoms. The minimum absolute atomic E-state index is 0.0882. The van der Waals surface area contributed by atoms with Crippen molar-refractivity contribution in [3.63, 3.8) is 0 Å². The molecule has 0 fully saturated rings. The molecule has 0 unspecified atom stereocenters. The molecule has 148 valence electrons. The van der Waals surface area contributed by atoms with E-state index in [1.807, 2.05) is 36.7 Å². The smallest absolute Gasteiger partial charge is 0.301 e. The van der Waals surface area contributed by atoms with Gasteiger partial charge < -0.3 is 4.57 Å². The van der Waals surface area contributed by atoms with E-state index < -0.39 is 0 Å². The van der Waals surface area contributed by atoms with Gasteiger partial charge in [0.25, 0.3) is 0 Å². The van der Waals surface area contributed by atoms with Crippen molar-refractivity contribution in [2.75, 3.05) is 0 Å². The molecule has 4 aromatic rings. The van der Waals surface area contributed by atoms with Gasteiger partial charge in [-0.25, -0.2) is 4.79 Å². The Bertz CT molecular complexity index is 1340. The van der Waals surface area contributed by atoms with E-state index in [1.165, 1.54) is 11.1 Å². The normalized spacial score (nSPS) is 12.3. The lowest BCUT2D eigenvalue weighted by Crippen LogP contribution is -2.21. The van der Waals surface area contributed by atoms with Crippen LogP contribution in [0.5, 0.6) is 0 Å². The lowest BCUT2D eigenvalue weighted by atomic mass is 10.0. The number of nitrogens with zero attached hydrogens (tertiary/aromatic N) is 4. The van der Waals surface area contributed by atoms with E-state index in [2.05, 4.69) is 47.2 Å². The maximum atomic E-state index is 12.9. The first-order valence-electron chi connectivity index (χ1n) is 10.1. The molecule has 3 heterocycles. The van der Waals surface area contributed by atoms with Gasteiger partial charge in [0.05, 0.1) is 22.8 Å². The average molecular weight is 394 g/mol. The van der Waals surface area contributed by atoms with Crippen molar-refractivity contribution < 1.29 is 0 Å². The third-order valence-electron chi connectivity index (χ3n) is 5.59. The minimum Gasteiger partial charge on any atom is -0.301 e. The van der Waals surface area contributed by atoms with E-state index in [-0.39, 0.29) is 5.69 Å². The quantitative estimate of drug-likeness (QED) is 0.514. The summed E-state index contributed by atoms with van der Waals surface area (Å²) < 4.78 is 3.33. The second-order valence-electron chi connectivity index (χ2n) is 7.56. The van der Waals surface area contributed by atoms with Crippen LogP contribution >= 0.6 is 0 Å². The Balaban J connectivity index is 1.64. The predicted octanol–water partition coefficient (Wildman–Crippen LogP) is 4.43. The summed E-state index contributed by atoms with van der Waals surface area (Å²) in [6, 6.07) is 14.3. The number of aromatic nitrogens is 4. The Labute approximate surface area is 175 Å². The van der Waals surface area contributed by atoms with E-state index >= 15 is 0 Å². The van der Waals surface area contributed by atoms with Crippen molar-refractivity contribution >= 4 is 6.08 Å². The van der Waals surface area contributed by atoms with Gasteiger partial charge in [0.2, 0.25) is 0 Å². The van der Waals surface area contributed by atoms with Crippen LogP contribution in [0.15, 0.2) is 71.9 Å². The first-order valence-corrected chi connectivity index (χ1v) is 10.1. The van der Waals surface area contributed by atoms with Crippen LogP contribution in [0.4, 0.5) is 0 Å². The average Bonchev–Trinajstić information content (AvgIpc) is 3.37. The Morgan fingerprint density at radius 1 is 1.07 bits per heavy atom. The maximum absolute atomic E-state index is 12.9. The number of aryl methyl sites for hydroxylation is 2. The number of hydrogen-bond acceptors (Lipinski definition) is 3. The highest BCUT2D eigenvalue weighted by molar-refractivity contribution is 5.72. The number of pyridine rings is 2. The molecular formula is C25H22N4O. The highest BCUT2D eigenvalue weighted by Gasteiger charge is 2.16. The zero-order valence-electron chi connectivity index (χ0n) is 17.0. The molecule has 0 radical (unpaired) electrons. The van der Waals surface area contributed by atoms with E-state index in [9.17, 15) is 4.79 Å². The molecule has 5 nitrogen and oxygen atoms in total. The van der Waals surface area contributed by atoms with E-state index in [0.717, 1.165) is 46.7 Å². The summed E-state index contributed by atoms with van der Waals surface area (Å²) in [6.45, 7) is 2.11. The van der Waals surface area contributed by atoms with Gasteiger partial charge in [-0.15, -0.1) is 0 Å². The first-order chi connectivity index (χ1) is 14.6. The van der Waals surface area contributed by atoms with E-state index in [1.54, 1.807) is 22.4 Å². The second kappa shape index (κ2) is 7.26. The first kappa shape index (κ1) is 18.3. The molecule has 0 N–H and O–H groups in total. The van der Waals surface area contributed by atoms with Crippen LogP contribution in [0.25, 0.3) is 34.3 Å². The Morgan fingerprint density at radius 2 is 1.97 bits per heavy atom. The number of allylic oxidation sites excluding steroid dienone is 1. The van der Waals surface area contributed by atoms with E-state index in [0.29, 0.717) is 0 Å². The Kier molecular flexibility index (Phi) is 4.43. The summed E-state index contributed by atoms with van der Waals surface area (Å²) in [6.07, 6.45) is 11.6. The van der Waals surface area contributed by atoms with Crippen LogP contribution in [0.1, 0.15) is 23.7 Å². The van der Waals surface area contributed by atoms with Crippen LogP contribution in [0, 0.1) is 0 Å². The van der Waals surface area contributed by atoms with E-state index in [4.69, 9.17) is 0 Å². The molecule has 1 aliphatic carbocycles. The molecular weight excluding hydrogens is 372 g/mol. The third kappa shape index (κ3) is 3.08. The van der Waals surface area contributed by atoms with Gasteiger partial charge in [-0.1, -0.05) is 31.2 Å². The Hall–Kier alpha value is -3.73. The number of fused-ring (bicyclic) bond motifs is 1. The standard InChI is InChI=1S/C25H22N4O/c1-3-17-6-4-8-21(12-17)29-24(16-28(2)25(29)30)23-14-18(10-11-26-23)20-13-19-7-5-9-22(19)27-15-20/h4-8,10-16H,3,9H2,1-2H3. The van der Waals surface area contributed by atoms with Crippen molar-refractivity contribution in [3.8, 4) is 28.2 Å². The zero-order valence-corrected chi connectivity index (χ0v) is 17.0. The van der Waals surface area contributed by atoms with Gasteiger partial charge in [-0.3, -0.25) is 14.5 Å². The number of hydrogen-bond donors (Lipinski definition) is 0. The van der Waals surface area contributed by atoms with Gasteiger partial charge in [0, 0.05) is 37.6 Å². The van der Waals surface area contributed by atoms with Crippen molar-refractivity contribution in [2.45, 2.75) is 19.8 Å². The van der Waals surface area contributed by atoms with Crippen LogP contribution in [0.2, 0.25) is 0 Å². The molecule has 1 aromatic carbocycles. The Morgan fingerprint density at radius 3 is 2.83 bits per heavy atom. The zero-order chi connectivity index (χ0) is 20.7. The van der Waals surface area contributed by atoms with Crippen molar-refractivity contribution in [3.05, 3.63) is 94.4 Å². The fraction of sp³-hybridized carbons (Fsp3) is 0.160. The lowest BCUT2D eigenvalue weighted by Gasteiger charge is -2.10. The molecule has 0 saturated carbocycles. The topological polar surface area (TPSA) is 52.7 Å². The third-order valence-corrected chi connectivity index (χ3v) is 5.59. The fourth-order valence-corrected chi connectivity index (χ4v) is 3.93. The molecule has 0 amide bonds. The molecule has 0 bridgehead atoms. The molecule has 5 rings (SSSR count). The largest absolute Gasteiger partial charge is 0.333 e. The van der Waals surface area contributed by atoms with Crippen molar-refractivity contribution in [2.24, 2.45) is 7.05 Å². The molecule has 0 atom stereocenters. The molecule has 1 aliphatic rings. The molecule has 5 heteroatoms. The van der Waals surface area contributed by atoms with Crippen LogP contribution < -0.4 is 5.69 Å². The van der Waals surface area contributed by atoms with Crippen LogP contribution in [-0.2, 0) is 19.9 Å². The molecule has 0 aliphatic heterocycles. The monoisotopic (exact) mass is 394 g/mol. The van der Waals surface area contributed by atoms with Crippen molar-refractivity contribution in [1.29, 1.82) is 0 Å². The maximum Gasteiger partial charge on any atom is 0.333 e. The highest BCUT2D eigenvalue weighted by Crippen LogP contribution is 2.28. The van der Waals surface area contributed by atoms with Crippen LogP contribution in [-0.4, -0.2) is 19.1 Å². The molecule has 3 aromatic heterocycles. The van der Waals surface area contributed by atoms with Gasteiger partial charge in [-0.2, -0.15) is 0 Å². The number of imidazole rings is 1. The SMILES string of the molecule is CCc1cccc(-n2c(-c3cc(-c4cnc5c(c4)C=CC5)ccn3)cn(C)c2=O)c1. The second-order valence-corrected chi connectivity index (χ2v) is 7.56. The summed E-state index contributed by atoms with van der Waals surface area (Å²) in [4.78, 5) is 22.1. The summed E-state index contributed by atoms with van der Waals surface area (Å²) in [5.41, 5.74) is 7.83. The van der Waals surface area contributed by atoms with Gasteiger partial charge >= 0.3 is 5.69 Å². The summed E-state index contributed by atoms with van der Waals surface area (Å²) in [5.74, 6) is 0. The summed E-state index contributed by atoms with van der Waals surface area (Å²) >= 11 is 0. The predicted molar refractivity (Wildman–Crippen MR) is 120 cm³/mol. The van der Waals surface area contributed by atoms with Gasteiger partial charge in [-0.05, 0) is 53.4 Å².